The van der Waals surface area contributed by atoms with E-state index in [4.69, 9.17) is 5.10 Å². The van der Waals surface area contributed by atoms with E-state index in [9.17, 15) is 4.79 Å². The van der Waals surface area contributed by atoms with Crippen LogP contribution in [0.3, 0.4) is 0 Å². The third-order valence-corrected chi connectivity index (χ3v) is 6.06. The number of pyridine rings is 1. The Morgan fingerprint density at radius 1 is 0.879 bits per heavy atom. The Kier molecular flexibility index (Phi) is 6.00. The zero-order chi connectivity index (χ0) is 22.6. The highest BCUT2D eigenvalue weighted by Gasteiger charge is 2.26. The zero-order valence-corrected chi connectivity index (χ0v) is 18.8. The van der Waals surface area contributed by atoms with Crippen LogP contribution in [0.25, 0.3) is 16.9 Å². The fraction of sp³-hybridized carbons (Fsp3) is 0.222. The van der Waals surface area contributed by atoms with Gasteiger partial charge >= 0.3 is 0 Å². The van der Waals surface area contributed by atoms with Crippen LogP contribution in [-0.2, 0) is 6.54 Å². The van der Waals surface area contributed by atoms with E-state index in [1.54, 1.807) is 4.68 Å². The van der Waals surface area contributed by atoms with E-state index in [1.165, 1.54) is 5.56 Å². The van der Waals surface area contributed by atoms with Crippen molar-refractivity contribution in [3.8, 4) is 16.9 Å². The Labute approximate surface area is 194 Å². The fourth-order valence-corrected chi connectivity index (χ4v) is 4.17. The molecule has 1 fully saturated rings. The highest BCUT2D eigenvalue weighted by molar-refractivity contribution is 6.00. The quantitative estimate of drug-likeness (QED) is 0.470. The first-order chi connectivity index (χ1) is 16.2. The third-order valence-electron chi connectivity index (χ3n) is 6.06. The number of carbonyl (C=O) groups excluding carboxylic acids is 1. The van der Waals surface area contributed by atoms with Gasteiger partial charge in [0.25, 0.3) is 5.91 Å². The van der Waals surface area contributed by atoms with Crippen molar-refractivity contribution in [1.29, 1.82) is 0 Å². The largest absolute Gasteiger partial charge is 0.336 e. The molecule has 2 aromatic carbocycles. The molecule has 1 saturated heterocycles. The Hall–Kier alpha value is -3.77. The average Bonchev–Trinajstić information content (AvgIpc) is 3.31. The molecule has 33 heavy (non-hydrogen) atoms. The van der Waals surface area contributed by atoms with Gasteiger partial charge in [0, 0.05) is 50.7 Å². The molecule has 0 aliphatic carbocycles. The number of nitrogens with zero attached hydrogens (tertiary/aromatic N) is 5. The van der Waals surface area contributed by atoms with Gasteiger partial charge in [-0.3, -0.25) is 14.7 Å². The molecule has 2 aromatic heterocycles. The predicted octanol–water partition coefficient (Wildman–Crippen LogP) is 4.20. The highest BCUT2D eigenvalue weighted by Crippen LogP contribution is 2.26. The first-order valence-electron chi connectivity index (χ1n) is 11.3. The maximum atomic E-state index is 13.6. The maximum absolute atomic E-state index is 13.6. The van der Waals surface area contributed by atoms with Gasteiger partial charge in [-0.05, 0) is 31.2 Å². The highest BCUT2D eigenvalue weighted by atomic mass is 16.2. The number of hydrogen-bond donors (Lipinski definition) is 0. The lowest BCUT2D eigenvalue weighted by Crippen LogP contribution is -2.48. The van der Waals surface area contributed by atoms with Crippen molar-refractivity contribution >= 4 is 5.91 Å². The van der Waals surface area contributed by atoms with Gasteiger partial charge in [0.05, 0.1) is 16.9 Å². The molecule has 0 spiro atoms. The van der Waals surface area contributed by atoms with E-state index in [1.807, 2.05) is 78.0 Å². The first kappa shape index (κ1) is 21.1. The maximum Gasteiger partial charge on any atom is 0.257 e. The van der Waals surface area contributed by atoms with Crippen molar-refractivity contribution < 1.29 is 4.79 Å². The monoisotopic (exact) mass is 437 g/mol. The van der Waals surface area contributed by atoms with E-state index in [-0.39, 0.29) is 5.91 Å². The van der Waals surface area contributed by atoms with Crippen LogP contribution in [0.4, 0.5) is 0 Å². The van der Waals surface area contributed by atoms with Crippen LogP contribution in [0.5, 0.6) is 0 Å². The molecule has 1 aliphatic rings. The molecule has 4 aromatic rings. The Morgan fingerprint density at radius 3 is 2.30 bits per heavy atom. The second kappa shape index (κ2) is 9.38. The number of hydrogen-bond acceptors (Lipinski definition) is 4. The molecule has 166 valence electrons. The second-order valence-corrected chi connectivity index (χ2v) is 8.43. The molecule has 6 heteroatoms. The number of rotatable bonds is 5. The number of carbonyl (C=O) groups is 1. The summed E-state index contributed by atoms with van der Waals surface area (Å²) >= 11 is 0. The van der Waals surface area contributed by atoms with Crippen LogP contribution in [0.2, 0.25) is 0 Å². The number of amides is 1. The summed E-state index contributed by atoms with van der Waals surface area (Å²) in [5.74, 6) is 0.0326. The number of para-hydroxylation sites is 1. The molecule has 1 amide bonds. The van der Waals surface area contributed by atoms with Gasteiger partial charge in [-0.15, -0.1) is 0 Å². The Morgan fingerprint density at radius 2 is 1.61 bits per heavy atom. The average molecular weight is 438 g/mol. The summed E-state index contributed by atoms with van der Waals surface area (Å²) in [6, 6.07) is 24.1. The van der Waals surface area contributed by atoms with Crippen molar-refractivity contribution in [2.24, 2.45) is 0 Å². The number of piperazine rings is 1. The Bertz CT molecular complexity index is 1210. The van der Waals surface area contributed by atoms with Crippen molar-refractivity contribution in [1.82, 2.24) is 24.6 Å². The summed E-state index contributed by atoms with van der Waals surface area (Å²) in [4.78, 5) is 22.3. The van der Waals surface area contributed by atoms with Crippen LogP contribution in [0.15, 0.2) is 85.2 Å². The summed E-state index contributed by atoms with van der Waals surface area (Å²) in [5, 5.41) is 4.82. The molecular weight excluding hydrogens is 410 g/mol. The van der Waals surface area contributed by atoms with Gasteiger partial charge in [-0.25, -0.2) is 4.68 Å². The van der Waals surface area contributed by atoms with Crippen molar-refractivity contribution in [2.75, 3.05) is 26.2 Å². The standard InChI is InChI=1S/C27H27N5O/c1-21-10-12-22(13-11-21)26-25(20-32(29-26)24-8-3-2-4-9-24)27(33)31-17-15-30(16-18-31)19-23-7-5-6-14-28-23/h2-14,20H,15-19H2,1H3. The molecular formula is C27H27N5O. The van der Waals surface area contributed by atoms with Crippen molar-refractivity contribution in [2.45, 2.75) is 13.5 Å². The minimum absolute atomic E-state index is 0.0326. The van der Waals surface area contributed by atoms with Crippen molar-refractivity contribution in [3.63, 3.8) is 0 Å². The summed E-state index contributed by atoms with van der Waals surface area (Å²) in [7, 11) is 0. The molecule has 0 N–H and O–H groups in total. The first-order valence-corrected chi connectivity index (χ1v) is 11.3. The minimum Gasteiger partial charge on any atom is -0.336 e. The van der Waals surface area contributed by atoms with Gasteiger partial charge in [-0.2, -0.15) is 5.10 Å². The van der Waals surface area contributed by atoms with Gasteiger partial charge in [-0.1, -0.05) is 54.1 Å². The summed E-state index contributed by atoms with van der Waals surface area (Å²) in [6.07, 6.45) is 3.69. The normalized spacial score (nSPS) is 14.4. The van der Waals surface area contributed by atoms with Crippen LogP contribution in [-0.4, -0.2) is 56.7 Å². The topological polar surface area (TPSA) is 54.3 Å². The number of aryl methyl sites for hydroxylation is 1. The molecule has 6 nitrogen and oxygen atoms in total. The molecule has 5 rings (SSSR count). The van der Waals surface area contributed by atoms with E-state index >= 15 is 0 Å². The molecule has 0 unspecified atom stereocenters. The van der Waals surface area contributed by atoms with Crippen LogP contribution < -0.4 is 0 Å². The van der Waals surface area contributed by atoms with Crippen molar-refractivity contribution in [3.05, 3.63) is 102 Å². The lowest BCUT2D eigenvalue weighted by Gasteiger charge is -2.34. The van der Waals surface area contributed by atoms with Gasteiger partial charge in [0.1, 0.15) is 5.69 Å². The lowest BCUT2D eigenvalue weighted by molar-refractivity contribution is 0.0628. The van der Waals surface area contributed by atoms with Gasteiger partial charge in [0.2, 0.25) is 0 Å². The SMILES string of the molecule is Cc1ccc(-c2nn(-c3ccccc3)cc2C(=O)N2CCN(Cc3ccccn3)CC2)cc1. The van der Waals surface area contributed by atoms with Gasteiger partial charge in [0.15, 0.2) is 0 Å². The fourth-order valence-electron chi connectivity index (χ4n) is 4.17. The third kappa shape index (κ3) is 4.71. The summed E-state index contributed by atoms with van der Waals surface area (Å²) < 4.78 is 1.81. The molecule has 0 atom stereocenters. The molecule has 1 aliphatic heterocycles. The molecule has 3 heterocycles. The summed E-state index contributed by atoms with van der Waals surface area (Å²) in [6.45, 7) is 5.90. The molecule has 0 saturated carbocycles. The lowest BCUT2D eigenvalue weighted by atomic mass is 10.1. The predicted molar refractivity (Wildman–Crippen MR) is 129 cm³/mol. The summed E-state index contributed by atoms with van der Waals surface area (Å²) in [5.41, 5.74) is 5.49. The molecule has 0 bridgehead atoms. The Balaban J connectivity index is 1.38. The van der Waals surface area contributed by atoms with Gasteiger partial charge < -0.3 is 4.90 Å². The smallest absolute Gasteiger partial charge is 0.257 e. The number of benzene rings is 2. The van der Waals surface area contributed by atoms with E-state index in [0.717, 1.165) is 42.3 Å². The van der Waals surface area contributed by atoms with Crippen LogP contribution >= 0.6 is 0 Å². The van der Waals surface area contributed by atoms with E-state index in [0.29, 0.717) is 18.7 Å². The van der Waals surface area contributed by atoms with E-state index in [2.05, 4.69) is 28.9 Å². The number of aromatic nitrogens is 3. The van der Waals surface area contributed by atoms with E-state index < -0.39 is 0 Å². The second-order valence-electron chi connectivity index (χ2n) is 8.43. The van der Waals surface area contributed by atoms with Crippen LogP contribution in [0.1, 0.15) is 21.6 Å². The molecule has 0 radical (unpaired) electrons. The minimum atomic E-state index is 0.0326. The van der Waals surface area contributed by atoms with Crippen LogP contribution in [0, 0.1) is 6.92 Å². The zero-order valence-electron chi connectivity index (χ0n) is 18.8.